The number of nitrogens with two attached hydrogens (primary N) is 1. The zero-order chi connectivity index (χ0) is 22.5. The molecule has 1 aromatic heterocycles. The minimum atomic E-state index is -0.0558. The number of pyridine rings is 1. The van der Waals surface area contributed by atoms with Gasteiger partial charge in [0.1, 0.15) is 23.5 Å². The van der Waals surface area contributed by atoms with Crippen molar-refractivity contribution < 1.29 is 0 Å². The minimum Gasteiger partial charge on any atom is -0.383 e. The summed E-state index contributed by atoms with van der Waals surface area (Å²) in [4.78, 5) is 16.4. The van der Waals surface area contributed by atoms with Crippen molar-refractivity contribution in [2.24, 2.45) is 9.98 Å². The molecule has 5 rings (SSSR count). The molecule has 2 N–H and O–H groups in total. The van der Waals surface area contributed by atoms with Crippen molar-refractivity contribution in [2.75, 3.05) is 10.6 Å². The molecule has 1 atom stereocenters. The first kappa shape index (κ1) is 21.8. The average Bonchev–Trinajstić information content (AvgIpc) is 3.24. The van der Waals surface area contributed by atoms with E-state index in [4.69, 9.17) is 27.3 Å². The van der Waals surface area contributed by atoms with Gasteiger partial charge in [0.05, 0.1) is 11.3 Å². The van der Waals surface area contributed by atoms with E-state index in [0.29, 0.717) is 11.7 Å². The zero-order valence-electron chi connectivity index (χ0n) is 18.2. The van der Waals surface area contributed by atoms with Gasteiger partial charge in [0.2, 0.25) is 0 Å². The van der Waals surface area contributed by atoms with Gasteiger partial charge in [-0.2, -0.15) is 0 Å². The maximum absolute atomic E-state index is 6.21. The van der Waals surface area contributed by atoms with Crippen molar-refractivity contribution in [1.82, 2.24) is 4.98 Å². The number of fused-ring (bicyclic) bond motifs is 1. The molecule has 0 aliphatic carbocycles. The summed E-state index contributed by atoms with van der Waals surface area (Å²) < 4.78 is 0. The van der Waals surface area contributed by atoms with Crippen LogP contribution in [0.15, 0.2) is 89.0 Å². The Morgan fingerprint density at radius 2 is 1.75 bits per heavy atom. The number of anilines is 2. The number of halogens is 1. The molecule has 0 saturated carbocycles. The number of nitrogen functional groups attached to an aromatic ring is 1. The van der Waals surface area contributed by atoms with Gasteiger partial charge < -0.3 is 5.73 Å². The fourth-order valence-electron chi connectivity index (χ4n) is 3.77. The maximum Gasteiger partial charge on any atom is 0.145 e. The van der Waals surface area contributed by atoms with Crippen molar-refractivity contribution in [3.8, 4) is 0 Å². The molecule has 0 saturated heterocycles. The molecule has 3 aromatic rings. The summed E-state index contributed by atoms with van der Waals surface area (Å²) in [5, 5.41) is 0. The number of hydrogen-bond donors (Lipinski definition) is 1. The van der Waals surface area contributed by atoms with Crippen molar-refractivity contribution in [3.63, 3.8) is 0 Å². The number of nitrogens with zero attached hydrogens (tertiary/aromatic N) is 4. The van der Waals surface area contributed by atoms with Crippen LogP contribution in [-0.2, 0) is 5.88 Å². The van der Waals surface area contributed by atoms with E-state index in [9.17, 15) is 0 Å². The third-order valence-corrected chi connectivity index (χ3v) is 5.59. The second-order valence-electron chi connectivity index (χ2n) is 7.20. The number of alkyl halides is 1. The van der Waals surface area contributed by atoms with E-state index in [0.717, 1.165) is 46.2 Å². The van der Waals surface area contributed by atoms with E-state index >= 15 is 0 Å². The summed E-state index contributed by atoms with van der Waals surface area (Å²) in [6.07, 6.45) is 4.62. The largest absolute Gasteiger partial charge is 0.383 e. The Labute approximate surface area is 194 Å². The van der Waals surface area contributed by atoms with Crippen LogP contribution in [0.4, 0.5) is 11.5 Å². The third-order valence-electron chi connectivity index (χ3n) is 5.28. The lowest BCUT2D eigenvalue weighted by Crippen LogP contribution is -2.37. The quantitative estimate of drug-likeness (QED) is 0.510. The fraction of sp³-hybridized carbons (Fsp3) is 0.192. The van der Waals surface area contributed by atoms with E-state index in [2.05, 4.69) is 28.1 Å². The van der Waals surface area contributed by atoms with Crippen molar-refractivity contribution in [2.45, 2.75) is 32.2 Å². The first-order valence-corrected chi connectivity index (χ1v) is 11.4. The molecule has 0 fully saturated rings. The van der Waals surface area contributed by atoms with Crippen LogP contribution in [0, 0.1) is 0 Å². The van der Waals surface area contributed by atoms with E-state index in [1.54, 1.807) is 6.20 Å². The van der Waals surface area contributed by atoms with Crippen LogP contribution in [0.3, 0.4) is 0 Å². The van der Waals surface area contributed by atoms with E-state index in [-0.39, 0.29) is 6.04 Å². The van der Waals surface area contributed by atoms with Gasteiger partial charge in [-0.3, -0.25) is 9.89 Å². The first-order chi connectivity index (χ1) is 15.7. The second-order valence-corrected chi connectivity index (χ2v) is 7.47. The van der Waals surface area contributed by atoms with Gasteiger partial charge >= 0.3 is 0 Å². The number of aromatic nitrogens is 1. The molecule has 2 aliphatic heterocycles. The molecule has 0 spiro atoms. The summed E-state index contributed by atoms with van der Waals surface area (Å²) in [6, 6.07) is 22.1. The van der Waals surface area contributed by atoms with Crippen LogP contribution in [0.1, 0.15) is 37.0 Å². The number of aliphatic imine (C=N–C) groups is 2. The molecule has 162 valence electrons. The Morgan fingerprint density at radius 1 is 1.00 bits per heavy atom. The highest BCUT2D eigenvalue weighted by Crippen LogP contribution is 2.33. The van der Waals surface area contributed by atoms with Crippen molar-refractivity contribution in [3.05, 3.63) is 95.7 Å². The molecule has 0 amide bonds. The summed E-state index contributed by atoms with van der Waals surface area (Å²) in [5.74, 6) is 2.59. The van der Waals surface area contributed by atoms with Crippen LogP contribution >= 0.6 is 11.6 Å². The lowest BCUT2D eigenvalue weighted by Gasteiger charge is -2.25. The number of amidine groups is 2. The van der Waals surface area contributed by atoms with Gasteiger partial charge in [0.25, 0.3) is 0 Å². The summed E-state index contributed by atoms with van der Waals surface area (Å²) in [5.41, 5.74) is 11.1. The fourth-order valence-corrected chi connectivity index (χ4v) is 3.95. The highest BCUT2D eigenvalue weighted by atomic mass is 35.5. The molecule has 1 unspecified atom stereocenters. The third kappa shape index (κ3) is 4.16. The normalized spacial score (nSPS) is 16.9. The molecule has 2 aromatic carbocycles. The highest BCUT2D eigenvalue weighted by Gasteiger charge is 2.36. The number of benzene rings is 2. The second kappa shape index (κ2) is 9.79. The molecule has 32 heavy (non-hydrogen) atoms. The predicted molar refractivity (Wildman–Crippen MR) is 135 cm³/mol. The summed E-state index contributed by atoms with van der Waals surface area (Å²) in [6.45, 7) is 4.00. The Hall–Kier alpha value is -3.44. The SMILES string of the molecule is CC.Nc1ncccc1C1=NC2CC=C(c3ccccc3)N=C2N1c1ccc(CCl)cc1. The van der Waals surface area contributed by atoms with Crippen LogP contribution in [0.25, 0.3) is 5.70 Å². The monoisotopic (exact) mass is 443 g/mol. The van der Waals surface area contributed by atoms with Crippen LogP contribution in [0.5, 0.6) is 0 Å². The molecule has 6 heteroatoms. The number of hydrogen-bond acceptors (Lipinski definition) is 5. The standard InChI is InChI=1S/C24H20ClN5.C2H6/c25-15-16-8-10-18(11-9-16)30-23(19-7-4-14-27-22(19)26)29-21-13-12-20(28-24(21)30)17-5-2-1-3-6-17;1-2/h1-12,14,21H,13,15H2,(H2,26,27);1-2H3. The van der Waals surface area contributed by atoms with Crippen LogP contribution < -0.4 is 10.6 Å². The topological polar surface area (TPSA) is 66.9 Å². The predicted octanol–water partition coefficient (Wildman–Crippen LogP) is 5.91. The zero-order valence-corrected chi connectivity index (χ0v) is 19.0. The van der Waals surface area contributed by atoms with E-state index in [1.807, 2.05) is 68.4 Å². The van der Waals surface area contributed by atoms with Gasteiger partial charge in [0, 0.05) is 17.8 Å². The Bertz CT molecular complexity index is 1170. The van der Waals surface area contributed by atoms with E-state index in [1.165, 1.54) is 0 Å². The van der Waals surface area contributed by atoms with Crippen molar-refractivity contribution >= 4 is 40.5 Å². The summed E-state index contributed by atoms with van der Waals surface area (Å²) in [7, 11) is 0. The molecule has 5 nitrogen and oxygen atoms in total. The van der Waals surface area contributed by atoms with E-state index < -0.39 is 0 Å². The number of rotatable bonds is 4. The van der Waals surface area contributed by atoms with Gasteiger partial charge in [-0.15, -0.1) is 11.6 Å². The van der Waals surface area contributed by atoms with Gasteiger partial charge in [-0.1, -0.05) is 62.4 Å². The van der Waals surface area contributed by atoms with Gasteiger partial charge in [0.15, 0.2) is 0 Å². The average molecular weight is 444 g/mol. The van der Waals surface area contributed by atoms with Crippen LogP contribution in [0.2, 0.25) is 0 Å². The first-order valence-electron chi connectivity index (χ1n) is 10.8. The molecule has 3 heterocycles. The molecular weight excluding hydrogens is 418 g/mol. The molecule has 2 aliphatic rings. The Morgan fingerprint density at radius 3 is 2.44 bits per heavy atom. The molecule has 0 bridgehead atoms. The van der Waals surface area contributed by atoms with Gasteiger partial charge in [-0.05, 0) is 41.8 Å². The molecule has 0 radical (unpaired) electrons. The van der Waals surface area contributed by atoms with Crippen LogP contribution in [-0.4, -0.2) is 22.7 Å². The maximum atomic E-state index is 6.21. The lowest BCUT2D eigenvalue weighted by molar-refractivity contribution is 0.879. The lowest BCUT2D eigenvalue weighted by atomic mass is 10.0. The van der Waals surface area contributed by atoms with Gasteiger partial charge in [-0.25, -0.2) is 9.98 Å². The van der Waals surface area contributed by atoms with Crippen molar-refractivity contribution in [1.29, 1.82) is 0 Å². The smallest absolute Gasteiger partial charge is 0.145 e. The minimum absolute atomic E-state index is 0.0558. The molecular formula is C26H26ClN5. The highest BCUT2D eigenvalue weighted by molar-refractivity contribution is 6.31. The summed E-state index contributed by atoms with van der Waals surface area (Å²) >= 11 is 5.99. The Kier molecular flexibility index (Phi) is 6.66. The Balaban J connectivity index is 0.00000119.